The second kappa shape index (κ2) is 8.12. The van der Waals surface area contributed by atoms with Gasteiger partial charge in [-0.15, -0.1) is 5.10 Å². The van der Waals surface area contributed by atoms with Crippen LogP contribution in [0.2, 0.25) is 0 Å². The van der Waals surface area contributed by atoms with Gasteiger partial charge in [-0.05, 0) is 80.3 Å². The van der Waals surface area contributed by atoms with E-state index in [4.69, 9.17) is 0 Å². The van der Waals surface area contributed by atoms with Gasteiger partial charge < -0.3 is 10.2 Å². The maximum atomic E-state index is 13.7. The third-order valence-corrected chi connectivity index (χ3v) is 8.56. The molecule has 2 aliphatic heterocycles. The van der Waals surface area contributed by atoms with Crippen molar-refractivity contribution in [1.82, 2.24) is 30.4 Å². The number of fused-ring (bicyclic) bond motifs is 3. The van der Waals surface area contributed by atoms with E-state index < -0.39 is 0 Å². The van der Waals surface area contributed by atoms with E-state index in [1.165, 1.54) is 11.1 Å². The van der Waals surface area contributed by atoms with E-state index in [0.717, 1.165) is 80.7 Å². The summed E-state index contributed by atoms with van der Waals surface area (Å²) in [5.74, 6) is 1.32. The van der Waals surface area contributed by atoms with Gasteiger partial charge in [-0.25, -0.2) is 4.68 Å². The van der Waals surface area contributed by atoms with Crippen molar-refractivity contribution < 1.29 is 9.59 Å². The van der Waals surface area contributed by atoms with Gasteiger partial charge in [0.25, 0.3) is 0 Å². The first-order valence-electron chi connectivity index (χ1n) is 12.6. The molecule has 1 aromatic heterocycles. The number of benzene rings is 1. The SMILES string of the molecule is CC1=C(N2C(=O)C3(CCC(NCc4ccc5c(c4)Cn4nnnc4-5)CC3)C[C@@H]2C)CCCC1=O. The lowest BCUT2D eigenvalue weighted by atomic mass is 9.70. The molecule has 0 radical (unpaired) electrons. The highest BCUT2D eigenvalue weighted by molar-refractivity contribution is 5.98. The summed E-state index contributed by atoms with van der Waals surface area (Å²) in [6, 6.07) is 7.12. The molecule has 1 N–H and O–H groups in total. The van der Waals surface area contributed by atoms with Gasteiger partial charge >= 0.3 is 0 Å². The summed E-state index contributed by atoms with van der Waals surface area (Å²) in [4.78, 5) is 27.9. The molecule has 34 heavy (non-hydrogen) atoms. The number of hydrogen-bond acceptors (Lipinski definition) is 6. The molecule has 2 fully saturated rings. The zero-order valence-corrected chi connectivity index (χ0v) is 20.0. The average Bonchev–Trinajstić information content (AvgIpc) is 3.48. The van der Waals surface area contributed by atoms with Crippen molar-refractivity contribution in [2.75, 3.05) is 0 Å². The number of allylic oxidation sites excluding steroid dienone is 2. The molecule has 1 saturated carbocycles. The van der Waals surface area contributed by atoms with Crippen molar-refractivity contribution in [1.29, 1.82) is 0 Å². The first-order chi connectivity index (χ1) is 16.4. The molecule has 1 atom stereocenters. The van der Waals surface area contributed by atoms with Crippen LogP contribution in [-0.2, 0) is 22.7 Å². The number of likely N-dealkylation sites (tertiary alicyclic amines) is 1. The maximum Gasteiger partial charge on any atom is 0.233 e. The van der Waals surface area contributed by atoms with E-state index >= 15 is 0 Å². The number of nitrogens with zero attached hydrogens (tertiary/aromatic N) is 5. The molecular formula is C26H32N6O2. The maximum absolute atomic E-state index is 13.7. The number of aromatic nitrogens is 4. The Balaban J connectivity index is 1.08. The zero-order chi connectivity index (χ0) is 23.4. The molecule has 1 saturated heterocycles. The molecule has 2 aromatic rings. The van der Waals surface area contributed by atoms with Crippen LogP contribution in [0.1, 0.15) is 76.3 Å². The Morgan fingerprint density at radius 3 is 2.82 bits per heavy atom. The standard InChI is InChI=1S/C26H32N6O2/c1-16-13-26(25(34)32(16)22-4-3-5-23(33)17(22)2)10-8-20(9-11-26)27-14-18-6-7-21-19(12-18)15-31-24(21)28-29-30-31/h6-7,12,16,20,27H,3-5,8-11,13-15H2,1-2H3/t16-,20?,26?/m0/s1. The molecule has 1 amide bonds. The average molecular weight is 461 g/mol. The van der Waals surface area contributed by atoms with E-state index in [-0.39, 0.29) is 23.1 Å². The number of rotatable bonds is 4. The number of nitrogens with one attached hydrogen (secondary N) is 1. The lowest BCUT2D eigenvalue weighted by Gasteiger charge is -2.36. The van der Waals surface area contributed by atoms with Gasteiger partial charge in [0.1, 0.15) is 0 Å². The van der Waals surface area contributed by atoms with Crippen LogP contribution in [0.4, 0.5) is 0 Å². The second-order valence-corrected chi connectivity index (χ2v) is 10.7. The fraction of sp³-hybridized carbons (Fsp3) is 0.577. The van der Waals surface area contributed by atoms with Crippen molar-refractivity contribution in [2.45, 2.75) is 90.4 Å². The van der Waals surface area contributed by atoms with Gasteiger partial charge in [0.2, 0.25) is 5.91 Å². The smallest absolute Gasteiger partial charge is 0.233 e. The molecule has 3 heterocycles. The van der Waals surface area contributed by atoms with Gasteiger partial charge in [0.05, 0.1) is 12.0 Å². The largest absolute Gasteiger partial charge is 0.313 e. The van der Waals surface area contributed by atoms with Crippen molar-refractivity contribution in [2.24, 2.45) is 5.41 Å². The number of carbonyl (C=O) groups excluding carboxylic acids is 2. The third-order valence-electron chi connectivity index (χ3n) is 8.56. The fourth-order valence-electron chi connectivity index (χ4n) is 6.67. The van der Waals surface area contributed by atoms with E-state index in [1.807, 2.05) is 16.5 Å². The van der Waals surface area contributed by atoms with Crippen molar-refractivity contribution >= 4 is 11.7 Å². The zero-order valence-electron chi connectivity index (χ0n) is 20.0. The second-order valence-electron chi connectivity index (χ2n) is 10.7. The minimum Gasteiger partial charge on any atom is -0.313 e. The van der Waals surface area contributed by atoms with Crippen LogP contribution in [0.15, 0.2) is 29.5 Å². The minimum absolute atomic E-state index is 0.179. The fourth-order valence-corrected chi connectivity index (χ4v) is 6.67. The Kier molecular flexibility index (Phi) is 5.17. The van der Waals surface area contributed by atoms with Gasteiger partial charge in [-0.1, -0.05) is 18.2 Å². The van der Waals surface area contributed by atoms with Crippen LogP contribution in [0.5, 0.6) is 0 Å². The van der Waals surface area contributed by atoms with Gasteiger partial charge in [0, 0.05) is 41.9 Å². The highest BCUT2D eigenvalue weighted by Crippen LogP contribution is 2.49. The molecular weight excluding hydrogens is 428 g/mol. The van der Waals surface area contributed by atoms with Gasteiger partial charge in [-0.2, -0.15) is 0 Å². The lowest BCUT2D eigenvalue weighted by molar-refractivity contribution is -0.136. The Labute approximate surface area is 199 Å². The molecule has 2 aliphatic carbocycles. The van der Waals surface area contributed by atoms with Gasteiger partial charge in [0.15, 0.2) is 11.6 Å². The van der Waals surface area contributed by atoms with Crippen LogP contribution < -0.4 is 5.32 Å². The van der Waals surface area contributed by atoms with E-state index in [1.54, 1.807) is 0 Å². The predicted molar refractivity (Wildman–Crippen MR) is 126 cm³/mol. The summed E-state index contributed by atoms with van der Waals surface area (Å²) in [6.45, 7) is 5.62. The summed E-state index contributed by atoms with van der Waals surface area (Å²) in [7, 11) is 0. The number of hydrogen-bond donors (Lipinski definition) is 1. The molecule has 6 rings (SSSR count). The topological polar surface area (TPSA) is 93.0 Å². The van der Waals surface area contributed by atoms with Crippen LogP contribution in [0.3, 0.4) is 0 Å². The van der Waals surface area contributed by atoms with Crippen LogP contribution in [0.25, 0.3) is 11.4 Å². The molecule has 0 unspecified atom stereocenters. The van der Waals surface area contributed by atoms with Gasteiger partial charge in [-0.3, -0.25) is 9.59 Å². The summed E-state index contributed by atoms with van der Waals surface area (Å²) in [5, 5.41) is 15.6. The normalized spacial score (nSPS) is 28.7. The molecule has 1 aromatic carbocycles. The number of amides is 1. The Bertz CT molecular complexity index is 1190. The van der Waals surface area contributed by atoms with E-state index in [0.29, 0.717) is 12.5 Å². The molecule has 8 heteroatoms. The number of tetrazole rings is 1. The van der Waals surface area contributed by atoms with Crippen LogP contribution in [-0.4, -0.2) is 48.9 Å². The first kappa shape index (κ1) is 21.6. The summed E-state index contributed by atoms with van der Waals surface area (Å²) in [5.41, 5.74) is 5.19. The quantitative estimate of drug-likeness (QED) is 0.642. The first-order valence-corrected chi connectivity index (χ1v) is 12.6. The molecule has 178 valence electrons. The monoisotopic (exact) mass is 460 g/mol. The Morgan fingerprint density at radius 2 is 2.00 bits per heavy atom. The van der Waals surface area contributed by atoms with Crippen molar-refractivity contribution in [3.8, 4) is 11.4 Å². The van der Waals surface area contributed by atoms with E-state index in [9.17, 15) is 9.59 Å². The summed E-state index contributed by atoms with van der Waals surface area (Å²) < 4.78 is 1.84. The van der Waals surface area contributed by atoms with E-state index in [2.05, 4.69) is 46.0 Å². The minimum atomic E-state index is -0.250. The summed E-state index contributed by atoms with van der Waals surface area (Å²) in [6.07, 6.45) is 7.11. The van der Waals surface area contributed by atoms with Crippen LogP contribution in [0, 0.1) is 5.41 Å². The molecule has 1 spiro atoms. The van der Waals surface area contributed by atoms with Crippen molar-refractivity contribution in [3.63, 3.8) is 0 Å². The molecule has 4 aliphatic rings. The highest BCUT2D eigenvalue weighted by atomic mass is 16.2. The number of carbonyl (C=O) groups is 2. The third kappa shape index (κ3) is 3.42. The molecule has 0 bridgehead atoms. The van der Waals surface area contributed by atoms with Crippen molar-refractivity contribution in [3.05, 3.63) is 40.6 Å². The highest BCUT2D eigenvalue weighted by Gasteiger charge is 2.52. The summed E-state index contributed by atoms with van der Waals surface area (Å²) >= 11 is 0. The lowest BCUT2D eigenvalue weighted by Crippen LogP contribution is -2.42. The Hall–Kier alpha value is -2.87. The number of Topliss-reactive ketones (excluding diaryl/α,β-unsaturated/α-hetero) is 1. The molecule has 8 nitrogen and oxygen atoms in total. The predicted octanol–water partition coefficient (Wildman–Crippen LogP) is 3.37. The van der Waals surface area contributed by atoms with Crippen LogP contribution >= 0.6 is 0 Å². The Morgan fingerprint density at radius 1 is 1.18 bits per heavy atom. The number of ketones is 1.